The second-order valence-electron chi connectivity index (χ2n) is 8.11. The van der Waals surface area contributed by atoms with Crippen molar-refractivity contribution in [3.05, 3.63) is 90.1 Å². The SMILES string of the molecule is O=C(Cc1ccccc1)Cc1cccc(-c2ccc3ncc(N4CCOCC4)nc3c2)c1. The Labute approximate surface area is 187 Å². The summed E-state index contributed by atoms with van der Waals surface area (Å²) in [7, 11) is 0. The Bertz CT molecular complexity index is 1230. The summed E-state index contributed by atoms with van der Waals surface area (Å²) in [5.74, 6) is 1.10. The summed E-state index contributed by atoms with van der Waals surface area (Å²) in [6, 6.07) is 24.3. The minimum atomic E-state index is 0.216. The fraction of sp³-hybridized carbons (Fsp3) is 0.222. The fourth-order valence-corrected chi connectivity index (χ4v) is 4.10. The van der Waals surface area contributed by atoms with Crippen LogP contribution >= 0.6 is 0 Å². The molecule has 0 radical (unpaired) electrons. The van der Waals surface area contributed by atoms with Gasteiger partial charge in [-0.25, -0.2) is 4.98 Å². The van der Waals surface area contributed by atoms with E-state index < -0.39 is 0 Å². The molecule has 4 aromatic rings. The second-order valence-corrected chi connectivity index (χ2v) is 8.11. The zero-order valence-corrected chi connectivity index (χ0v) is 17.9. The van der Waals surface area contributed by atoms with Gasteiger partial charge in [0.15, 0.2) is 0 Å². The monoisotopic (exact) mass is 423 g/mol. The van der Waals surface area contributed by atoms with Crippen molar-refractivity contribution in [3.63, 3.8) is 0 Å². The van der Waals surface area contributed by atoms with E-state index in [1.54, 1.807) is 0 Å². The van der Waals surface area contributed by atoms with Gasteiger partial charge in [0.2, 0.25) is 0 Å². The van der Waals surface area contributed by atoms with Crippen LogP contribution in [0.15, 0.2) is 79.0 Å². The molecule has 0 aliphatic carbocycles. The Morgan fingerprint density at radius 1 is 0.812 bits per heavy atom. The summed E-state index contributed by atoms with van der Waals surface area (Å²) in [5.41, 5.74) is 5.98. The number of benzene rings is 3. The number of hydrogen-bond acceptors (Lipinski definition) is 5. The molecule has 0 bridgehead atoms. The lowest BCUT2D eigenvalue weighted by atomic mass is 9.98. The number of carbonyl (C=O) groups excluding carboxylic acids is 1. The summed E-state index contributed by atoms with van der Waals surface area (Å²) < 4.78 is 5.44. The Morgan fingerprint density at radius 2 is 1.56 bits per heavy atom. The highest BCUT2D eigenvalue weighted by molar-refractivity contribution is 5.85. The Kier molecular flexibility index (Phi) is 5.90. The first kappa shape index (κ1) is 20.3. The first-order valence-electron chi connectivity index (χ1n) is 11.0. The highest BCUT2D eigenvalue weighted by atomic mass is 16.5. The van der Waals surface area contributed by atoms with Crippen molar-refractivity contribution < 1.29 is 9.53 Å². The summed E-state index contributed by atoms with van der Waals surface area (Å²) in [5, 5.41) is 0. The fourth-order valence-electron chi connectivity index (χ4n) is 4.10. The van der Waals surface area contributed by atoms with Crippen molar-refractivity contribution in [3.8, 4) is 11.1 Å². The molecule has 3 aromatic carbocycles. The van der Waals surface area contributed by atoms with Crippen LogP contribution in [0, 0.1) is 0 Å². The van der Waals surface area contributed by atoms with Crippen LogP contribution in [0.5, 0.6) is 0 Å². The molecule has 1 aliphatic heterocycles. The number of hydrogen-bond donors (Lipinski definition) is 0. The van der Waals surface area contributed by atoms with Crippen LogP contribution in [-0.2, 0) is 22.4 Å². The van der Waals surface area contributed by atoms with Crippen LogP contribution in [0.4, 0.5) is 5.82 Å². The quantitative estimate of drug-likeness (QED) is 0.457. The largest absolute Gasteiger partial charge is 0.378 e. The van der Waals surface area contributed by atoms with Crippen LogP contribution in [0.3, 0.4) is 0 Å². The van der Waals surface area contributed by atoms with E-state index in [1.165, 1.54) is 0 Å². The van der Waals surface area contributed by atoms with Crippen LogP contribution in [0.25, 0.3) is 22.2 Å². The molecule has 1 fully saturated rings. The zero-order chi connectivity index (χ0) is 21.8. The van der Waals surface area contributed by atoms with Crippen molar-refractivity contribution in [2.45, 2.75) is 12.8 Å². The molecule has 5 heteroatoms. The van der Waals surface area contributed by atoms with Gasteiger partial charge in [-0.15, -0.1) is 0 Å². The van der Waals surface area contributed by atoms with Gasteiger partial charge in [0, 0.05) is 25.9 Å². The number of morpholine rings is 1. The van der Waals surface area contributed by atoms with E-state index in [0.717, 1.165) is 65.4 Å². The number of ether oxygens (including phenoxy) is 1. The van der Waals surface area contributed by atoms with E-state index in [9.17, 15) is 4.79 Å². The summed E-state index contributed by atoms with van der Waals surface area (Å²) in [4.78, 5) is 24.2. The van der Waals surface area contributed by atoms with Gasteiger partial charge in [-0.3, -0.25) is 9.78 Å². The van der Waals surface area contributed by atoms with Gasteiger partial charge in [0.25, 0.3) is 0 Å². The highest BCUT2D eigenvalue weighted by Crippen LogP contribution is 2.25. The van der Waals surface area contributed by atoms with Gasteiger partial charge in [-0.2, -0.15) is 0 Å². The maximum Gasteiger partial charge on any atom is 0.148 e. The first-order valence-corrected chi connectivity index (χ1v) is 11.0. The summed E-state index contributed by atoms with van der Waals surface area (Å²) in [6.07, 6.45) is 2.73. The lowest BCUT2D eigenvalue weighted by Crippen LogP contribution is -2.36. The van der Waals surface area contributed by atoms with Crippen LogP contribution < -0.4 is 4.90 Å². The van der Waals surface area contributed by atoms with Crippen molar-refractivity contribution in [2.75, 3.05) is 31.2 Å². The minimum Gasteiger partial charge on any atom is -0.378 e. The summed E-state index contributed by atoms with van der Waals surface area (Å²) in [6.45, 7) is 3.10. The predicted molar refractivity (Wildman–Crippen MR) is 127 cm³/mol. The van der Waals surface area contributed by atoms with E-state index in [2.05, 4.69) is 34.1 Å². The highest BCUT2D eigenvalue weighted by Gasteiger charge is 2.14. The Balaban J connectivity index is 1.36. The standard InChI is InChI=1S/C27H25N3O2/c31-24(16-20-5-2-1-3-6-20)17-21-7-4-8-22(15-21)23-9-10-25-26(18-23)29-27(19-28-25)30-11-13-32-14-12-30/h1-10,15,18-19H,11-14,16-17H2. The number of carbonyl (C=O) groups is 1. The average molecular weight is 424 g/mol. The van der Waals surface area contributed by atoms with Gasteiger partial charge in [-0.1, -0.05) is 60.7 Å². The molecule has 0 spiro atoms. The van der Waals surface area contributed by atoms with Gasteiger partial charge in [0.1, 0.15) is 11.6 Å². The number of fused-ring (bicyclic) bond motifs is 1. The lowest BCUT2D eigenvalue weighted by Gasteiger charge is -2.27. The van der Waals surface area contributed by atoms with Gasteiger partial charge < -0.3 is 9.64 Å². The first-order chi connectivity index (χ1) is 15.7. The topological polar surface area (TPSA) is 55.3 Å². The number of Topliss-reactive ketones (excluding diaryl/α,β-unsaturated/α-hetero) is 1. The van der Waals surface area contributed by atoms with E-state index in [-0.39, 0.29) is 5.78 Å². The molecule has 2 heterocycles. The van der Waals surface area contributed by atoms with Crippen molar-refractivity contribution in [2.24, 2.45) is 0 Å². The molecule has 0 atom stereocenters. The number of ketones is 1. The average Bonchev–Trinajstić information content (AvgIpc) is 2.84. The third-order valence-electron chi connectivity index (χ3n) is 5.77. The zero-order valence-electron chi connectivity index (χ0n) is 17.9. The van der Waals surface area contributed by atoms with E-state index in [0.29, 0.717) is 12.8 Å². The molecule has 5 rings (SSSR count). The van der Waals surface area contributed by atoms with E-state index in [4.69, 9.17) is 9.72 Å². The van der Waals surface area contributed by atoms with Crippen LogP contribution in [0.2, 0.25) is 0 Å². The third kappa shape index (κ3) is 4.68. The molecule has 1 aliphatic rings. The molecular weight excluding hydrogens is 398 g/mol. The number of anilines is 1. The normalized spacial score (nSPS) is 13.9. The molecule has 0 N–H and O–H groups in total. The number of rotatable bonds is 6. The van der Waals surface area contributed by atoms with Gasteiger partial charge in [-0.05, 0) is 34.4 Å². The predicted octanol–water partition coefficient (Wildman–Crippen LogP) is 4.49. The second kappa shape index (κ2) is 9.28. The molecule has 5 nitrogen and oxygen atoms in total. The van der Waals surface area contributed by atoms with Crippen LogP contribution in [-0.4, -0.2) is 42.1 Å². The smallest absolute Gasteiger partial charge is 0.148 e. The maximum absolute atomic E-state index is 12.6. The molecule has 0 saturated carbocycles. The molecule has 1 aromatic heterocycles. The molecule has 160 valence electrons. The van der Waals surface area contributed by atoms with E-state index >= 15 is 0 Å². The third-order valence-corrected chi connectivity index (χ3v) is 5.77. The summed E-state index contributed by atoms with van der Waals surface area (Å²) >= 11 is 0. The number of aromatic nitrogens is 2. The van der Waals surface area contributed by atoms with Crippen molar-refractivity contribution >= 4 is 22.6 Å². The maximum atomic E-state index is 12.6. The Hall–Kier alpha value is -3.57. The molecular formula is C27H25N3O2. The minimum absolute atomic E-state index is 0.216. The Morgan fingerprint density at radius 3 is 2.41 bits per heavy atom. The molecule has 32 heavy (non-hydrogen) atoms. The van der Waals surface area contributed by atoms with Crippen LogP contribution in [0.1, 0.15) is 11.1 Å². The van der Waals surface area contributed by atoms with Crippen molar-refractivity contribution in [1.82, 2.24) is 9.97 Å². The molecule has 0 unspecified atom stereocenters. The van der Waals surface area contributed by atoms with Crippen molar-refractivity contribution in [1.29, 1.82) is 0 Å². The lowest BCUT2D eigenvalue weighted by molar-refractivity contribution is -0.117. The molecule has 0 amide bonds. The van der Waals surface area contributed by atoms with Gasteiger partial charge in [0.05, 0.1) is 30.4 Å². The molecule has 1 saturated heterocycles. The number of nitrogens with zero attached hydrogens (tertiary/aromatic N) is 3. The van der Waals surface area contributed by atoms with Gasteiger partial charge >= 0.3 is 0 Å². The van der Waals surface area contributed by atoms with E-state index in [1.807, 2.05) is 54.7 Å².